The van der Waals surface area contributed by atoms with E-state index in [-0.39, 0.29) is 17.9 Å². The molecular weight excluding hydrogens is 342 g/mol. The monoisotopic (exact) mass is 361 g/mol. The third kappa shape index (κ3) is 3.79. The maximum atomic E-state index is 11.5. The summed E-state index contributed by atoms with van der Waals surface area (Å²) in [6, 6.07) is 5.39. The Morgan fingerprint density at radius 1 is 1.48 bits per heavy atom. The molecule has 0 spiro atoms. The number of primary amides is 1. The highest BCUT2D eigenvalue weighted by molar-refractivity contribution is 8.13. The number of methoxy groups -OCH3 is 1. The Morgan fingerprint density at radius 3 is 2.92 bits per heavy atom. The van der Waals surface area contributed by atoms with Crippen LogP contribution in [0, 0.1) is 5.92 Å². The molecule has 0 aliphatic carbocycles. The van der Waals surface area contributed by atoms with Crippen molar-refractivity contribution >= 4 is 33.7 Å². The van der Waals surface area contributed by atoms with Gasteiger partial charge in [-0.15, -0.1) is 0 Å². The average Bonchev–Trinajstić information content (AvgIpc) is 2.89. The van der Waals surface area contributed by atoms with Crippen LogP contribution in [0.5, 0.6) is 11.6 Å². The molecule has 1 unspecified atom stereocenters. The maximum Gasteiger partial charge on any atom is 0.281 e. The average molecular weight is 361 g/mol. The maximum absolute atomic E-state index is 11.5. The van der Waals surface area contributed by atoms with Gasteiger partial charge >= 0.3 is 0 Å². The van der Waals surface area contributed by atoms with E-state index in [1.807, 2.05) is 19.1 Å². The van der Waals surface area contributed by atoms with E-state index < -0.39 is 5.24 Å². The van der Waals surface area contributed by atoms with Crippen molar-refractivity contribution in [3.8, 4) is 11.6 Å². The van der Waals surface area contributed by atoms with E-state index >= 15 is 0 Å². The van der Waals surface area contributed by atoms with Crippen molar-refractivity contribution in [1.29, 1.82) is 0 Å². The smallest absolute Gasteiger partial charge is 0.281 e. The van der Waals surface area contributed by atoms with Crippen LogP contribution in [-0.2, 0) is 4.79 Å². The molecule has 0 bridgehead atoms. The third-order valence-corrected chi connectivity index (χ3v) is 4.90. The fraction of sp³-hybridized carbons (Fsp3) is 0.353. The third-order valence-electron chi connectivity index (χ3n) is 4.16. The number of nitrogens with zero attached hydrogens (tertiary/aromatic N) is 1. The van der Waals surface area contributed by atoms with Crippen LogP contribution in [-0.4, -0.2) is 35.9 Å². The lowest BCUT2D eigenvalue weighted by molar-refractivity contribution is -0.119. The molecule has 1 aromatic heterocycles. The minimum atomic E-state index is -0.505. The number of ether oxygens (including phenoxy) is 2. The normalized spacial score (nSPS) is 19.7. The lowest BCUT2D eigenvalue weighted by atomic mass is 10.0. The molecular formula is C17H19N3O4S. The number of hydrogen-bond donors (Lipinski definition) is 2. The Bertz CT molecular complexity index is 827. The van der Waals surface area contributed by atoms with Gasteiger partial charge in [-0.1, -0.05) is 6.92 Å². The molecule has 1 aliphatic heterocycles. The van der Waals surface area contributed by atoms with E-state index in [2.05, 4.69) is 10.3 Å². The summed E-state index contributed by atoms with van der Waals surface area (Å²) >= 11 is 0.910. The number of rotatable bonds is 5. The molecule has 3 rings (SSSR count). The fourth-order valence-corrected chi connectivity index (χ4v) is 3.48. The molecule has 1 fully saturated rings. The summed E-state index contributed by atoms with van der Waals surface area (Å²) in [7, 11) is 1.53. The topological polar surface area (TPSA) is 104 Å². The Balaban J connectivity index is 1.88. The second-order valence-electron chi connectivity index (χ2n) is 5.93. The van der Waals surface area contributed by atoms with Gasteiger partial charge in [0.1, 0.15) is 12.4 Å². The van der Waals surface area contributed by atoms with Gasteiger partial charge in [-0.05, 0) is 41.3 Å². The Morgan fingerprint density at radius 2 is 2.28 bits per heavy atom. The van der Waals surface area contributed by atoms with Gasteiger partial charge in [-0.25, -0.2) is 4.98 Å². The first-order valence-electron chi connectivity index (χ1n) is 7.84. The molecule has 1 aliphatic rings. The highest BCUT2D eigenvalue weighted by atomic mass is 32.2. The summed E-state index contributed by atoms with van der Waals surface area (Å²) in [4.78, 5) is 27.6. The molecule has 25 heavy (non-hydrogen) atoms. The number of amides is 2. The van der Waals surface area contributed by atoms with Gasteiger partial charge in [-0.3, -0.25) is 9.59 Å². The van der Waals surface area contributed by atoms with Crippen LogP contribution in [0.1, 0.15) is 13.3 Å². The van der Waals surface area contributed by atoms with Crippen molar-refractivity contribution in [2.75, 3.05) is 13.7 Å². The van der Waals surface area contributed by atoms with Crippen LogP contribution in [0.3, 0.4) is 0 Å². The van der Waals surface area contributed by atoms with Crippen molar-refractivity contribution in [1.82, 2.24) is 10.3 Å². The van der Waals surface area contributed by atoms with Crippen LogP contribution < -0.4 is 20.5 Å². The van der Waals surface area contributed by atoms with Crippen LogP contribution in [0.2, 0.25) is 0 Å². The molecule has 2 aromatic rings. The molecule has 132 valence electrons. The van der Waals surface area contributed by atoms with Gasteiger partial charge < -0.3 is 20.5 Å². The number of fused-ring (bicyclic) bond motifs is 1. The van der Waals surface area contributed by atoms with E-state index in [0.717, 1.165) is 22.5 Å². The predicted molar refractivity (Wildman–Crippen MR) is 94.9 cm³/mol. The number of nitrogens with two attached hydrogens (primary N) is 1. The summed E-state index contributed by atoms with van der Waals surface area (Å²) in [6.45, 7) is 2.36. The number of benzene rings is 1. The number of nitrogens with one attached hydrogen (secondary N) is 1. The van der Waals surface area contributed by atoms with Crippen molar-refractivity contribution in [2.45, 2.75) is 24.3 Å². The largest absolute Gasteiger partial charge is 0.496 e. The number of carbonyl (C=O) groups excluding carboxylic acids is 2. The molecule has 3 N–H and O–H groups in total. The lowest BCUT2D eigenvalue weighted by Crippen LogP contribution is -2.34. The standard InChI is InChI=1S/C17H19N3O4S/c1-9-5-15(21)20-12(9)8-24-16-11-7-13(23-2)14(25-17(18)22)6-10(11)3-4-19-16/h3-4,6-7,9,12H,5,8H2,1-2H3,(H2,18,22)(H,20,21)/t9?,12-/m1/s1. The number of hydrogen-bond acceptors (Lipinski definition) is 6. The number of pyridine rings is 1. The molecule has 2 atom stereocenters. The van der Waals surface area contributed by atoms with Crippen molar-refractivity contribution in [3.05, 3.63) is 24.4 Å². The predicted octanol–water partition coefficient (Wildman–Crippen LogP) is 2.32. The zero-order chi connectivity index (χ0) is 18.0. The molecule has 1 aromatic carbocycles. The first-order valence-corrected chi connectivity index (χ1v) is 8.65. The zero-order valence-corrected chi connectivity index (χ0v) is 14.8. The molecule has 0 saturated carbocycles. The quantitative estimate of drug-likeness (QED) is 0.792. The van der Waals surface area contributed by atoms with E-state index in [4.69, 9.17) is 15.2 Å². The van der Waals surface area contributed by atoms with E-state index in [1.54, 1.807) is 12.3 Å². The summed E-state index contributed by atoms with van der Waals surface area (Å²) in [5.41, 5.74) is 5.26. The van der Waals surface area contributed by atoms with Crippen LogP contribution in [0.15, 0.2) is 29.3 Å². The highest BCUT2D eigenvalue weighted by Gasteiger charge is 2.29. The SMILES string of the molecule is COc1cc2c(OC[C@H]3NC(=O)CC3C)nccc2cc1SC(N)=O. The van der Waals surface area contributed by atoms with Gasteiger partial charge in [0.25, 0.3) is 5.24 Å². The Kier molecular flexibility index (Phi) is 4.98. The summed E-state index contributed by atoms with van der Waals surface area (Å²) in [5.74, 6) is 1.24. The molecule has 0 radical (unpaired) electrons. The van der Waals surface area contributed by atoms with Crippen molar-refractivity contribution < 1.29 is 19.1 Å². The van der Waals surface area contributed by atoms with Gasteiger partial charge in [0.15, 0.2) is 0 Å². The first kappa shape index (κ1) is 17.3. The number of aromatic nitrogens is 1. The van der Waals surface area contributed by atoms with Gasteiger partial charge in [-0.2, -0.15) is 0 Å². The lowest BCUT2D eigenvalue weighted by Gasteiger charge is -2.17. The summed E-state index contributed by atoms with van der Waals surface area (Å²) < 4.78 is 11.2. The molecule has 1 saturated heterocycles. The minimum absolute atomic E-state index is 0.0313. The number of carbonyl (C=O) groups is 2. The minimum Gasteiger partial charge on any atom is -0.496 e. The molecule has 7 nitrogen and oxygen atoms in total. The molecule has 8 heteroatoms. The van der Waals surface area contributed by atoms with Crippen molar-refractivity contribution in [2.24, 2.45) is 11.7 Å². The van der Waals surface area contributed by atoms with E-state index in [9.17, 15) is 9.59 Å². The molecule has 2 amide bonds. The summed E-state index contributed by atoms with van der Waals surface area (Å²) in [5, 5.41) is 4.03. The molecule has 2 heterocycles. The summed E-state index contributed by atoms with van der Waals surface area (Å²) in [6.07, 6.45) is 2.15. The van der Waals surface area contributed by atoms with Gasteiger partial charge in [0.05, 0.1) is 18.0 Å². The Hall–Kier alpha value is -2.48. The van der Waals surface area contributed by atoms with Crippen LogP contribution in [0.4, 0.5) is 4.79 Å². The Labute approximate surface area is 149 Å². The van der Waals surface area contributed by atoms with Crippen molar-refractivity contribution in [3.63, 3.8) is 0 Å². The fourth-order valence-electron chi connectivity index (χ4n) is 2.83. The van der Waals surface area contributed by atoms with Crippen LogP contribution in [0.25, 0.3) is 10.8 Å². The van der Waals surface area contributed by atoms with Crippen LogP contribution >= 0.6 is 11.8 Å². The second kappa shape index (κ2) is 7.18. The van der Waals surface area contributed by atoms with Gasteiger partial charge in [0, 0.05) is 18.0 Å². The van der Waals surface area contributed by atoms with E-state index in [1.165, 1.54) is 7.11 Å². The number of thioether (sulfide) groups is 1. The first-order chi connectivity index (χ1) is 12.0. The highest BCUT2D eigenvalue weighted by Crippen LogP contribution is 2.36. The second-order valence-corrected chi connectivity index (χ2v) is 6.97. The van der Waals surface area contributed by atoms with E-state index in [0.29, 0.717) is 29.6 Å². The zero-order valence-electron chi connectivity index (χ0n) is 13.9. The van der Waals surface area contributed by atoms with Gasteiger partial charge in [0.2, 0.25) is 11.8 Å².